The minimum atomic E-state index is -0.260. The third kappa shape index (κ3) is 3.00. The Hall–Kier alpha value is -2.02. The summed E-state index contributed by atoms with van der Waals surface area (Å²) in [5, 5.41) is 8.79. The van der Waals surface area contributed by atoms with Crippen LogP contribution in [0.2, 0.25) is 0 Å². The second kappa shape index (κ2) is 6.84. The summed E-state index contributed by atoms with van der Waals surface area (Å²) in [5.41, 5.74) is 5.74. The van der Waals surface area contributed by atoms with Gasteiger partial charge >= 0.3 is 0 Å². The molecule has 0 bridgehead atoms. The van der Waals surface area contributed by atoms with Gasteiger partial charge in [0.05, 0.1) is 6.04 Å². The van der Waals surface area contributed by atoms with Crippen molar-refractivity contribution in [1.29, 1.82) is 0 Å². The Morgan fingerprint density at radius 1 is 1.21 bits per heavy atom. The fraction of sp³-hybridized carbons (Fsp3) is 0.471. The van der Waals surface area contributed by atoms with Gasteiger partial charge in [-0.3, -0.25) is 4.79 Å². The number of hydrogen-bond donors (Lipinski definition) is 1. The molecule has 6 nitrogen and oxygen atoms in total. The van der Waals surface area contributed by atoms with Crippen LogP contribution in [0.3, 0.4) is 0 Å². The van der Waals surface area contributed by atoms with E-state index in [1.54, 1.807) is 0 Å². The summed E-state index contributed by atoms with van der Waals surface area (Å²) in [5.74, 6) is 0.929. The summed E-state index contributed by atoms with van der Waals surface area (Å²) in [6, 6.07) is 8.21. The molecule has 7 heteroatoms. The molecule has 1 aliphatic rings. The summed E-state index contributed by atoms with van der Waals surface area (Å²) >= 11 is 1.49. The molecular formula is C17H23N5OS. The van der Waals surface area contributed by atoms with Crippen molar-refractivity contribution < 1.29 is 4.79 Å². The van der Waals surface area contributed by atoms with Gasteiger partial charge in [0.15, 0.2) is 0 Å². The van der Waals surface area contributed by atoms with Crippen LogP contribution in [0.25, 0.3) is 0 Å². The number of fused-ring (bicyclic) bond motifs is 1. The number of aryl methyl sites for hydroxylation is 2. The van der Waals surface area contributed by atoms with Gasteiger partial charge < -0.3 is 10.3 Å². The minimum Gasteiger partial charge on any atom is -0.342 e. The molecule has 0 saturated heterocycles. The average molecular weight is 345 g/mol. The number of amides is 1. The number of carbonyl (C=O) groups is 1. The summed E-state index contributed by atoms with van der Waals surface area (Å²) in [6.45, 7) is 9.40. The lowest BCUT2D eigenvalue weighted by atomic mass is 10.0. The Morgan fingerprint density at radius 3 is 2.50 bits per heavy atom. The van der Waals surface area contributed by atoms with Crippen molar-refractivity contribution in [1.82, 2.24) is 19.8 Å². The quantitative estimate of drug-likeness (QED) is 0.922. The van der Waals surface area contributed by atoms with Gasteiger partial charge in [-0.1, -0.05) is 41.6 Å². The van der Waals surface area contributed by atoms with Gasteiger partial charge in [0.1, 0.15) is 11.1 Å². The number of benzene rings is 1. The number of hydrogen-bond acceptors (Lipinski definition) is 5. The van der Waals surface area contributed by atoms with Gasteiger partial charge in [0.2, 0.25) is 11.1 Å². The molecule has 3 rings (SSSR count). The molecule has 2 heterocycles. The van der Waals surface area contributed by atoms with Crippen LogP contribution >= 0.6 is 11.8 Å². The van der Waals surface area contributed by atoms with E-state index in [0.717, 1.165) is 16.5 Å². The van der Waals surface area contributed by atoms with Crippen LogP contribution in [-0.2, 0) is 4.79 Å². The van der Waals surface area contributed by atoms with Crippen LogP contribution in [0.5, 0.6) is 0 Å². The van der Waals surface area contributed by atoms with Crippen LogP contribution in [0.15, 0.2) is 29.4 Å². The van der Waals surface area contributed by atoms with Crippen LogP contribution in [0, 0.1) is 13.8 Å². The predicted octanol–water partition coefficient (Wildman–Crippen LogP) is 2.52. The number of nitrogens with one attached hydrogen (secondary N) is 1. The van der Waals surface area contributed by atoms with Crippen molar-refractivity contribution in [2.24, 2.45) is 0 Å². The summed E-state index contributed by atoms with van der Waals surface area (Å²) in [7, 11) is 0. The van der Waals surface area contributed by atoms with Crippen molar-refractivity contribution in [2.75, 3.05) is 18.5 Å². The molecule has 0 aliphatic carbocycles. The van der Waals surface area contributed by atoms with Gasteiger partial charge in [-0.25, -0.2) is 4.68 Å². The second-order valence-electron chi connectivity index (χ2n) is 5.93. The van der Waals surface area contributed by atoms with E-state index in [0.29, 0.717) is 13.1 Å². The van der Waals surface area contributed by atoms with Crippen molar-refractivity contribution in [3.8, 4) is 0 Å². The fourth-order valence-corrected chi connectivity index (χ4v) is 4.10. The zero-order valence-electron chi connectivity index (χ0n) is 14.5. The predicted molar refractivity (Wildman–Crippen MR) is 95.6 cm³/mol. The van der Waals surface area contributed by atoms with E-state index in [1.807, 2.05) is 30.3 Å². The van der Waals surface area contributed by atoms with E-state index in [2.05, 4.69) is 46.8 Å². The Labute approximate surface area is 146 Å². The lowest BCUT2D eigenvalue weighted by Gasteiger charge is -2.35. The normalized spacial score (nSPS) is 19.5. The number of rotatable bonds is 4. The Morgan fingerprint density at radius 2 is 1.88 bits per heavy atom. The van der Waals surface area contributed by atoms with Crippen LogP contribution in [0.1, 0.15) is 36.8 Å². The summed E-state index contributed by atoms with van der Waals surface area (Å²) in [6.07, 6.45) is 0. The minimum absolute atomic E-state index is 0.120. The molecule has 24 heavy (non-hydrogen) atoms. The van der Waals surface area contributed by atoms with Crippen LogP contribution < -0.4 is 5.43 Å². The molecular weight excluding hydrogens is 322 g/mol. The highest BCUT2D eigenvalue weighted by Crippen LogP contribution is 2.37. The standard InChI is InChI=1S/C17H23N5OS/c1-5-21(6-2)16(23)15-14(13-9-7-11(3)8-10-13)20-22-12(4)18-19-17(22)24-15/h7-10,14-15,20H,5-6H2,1-4H3/t14-,15+/m0/s1. The van der Waals surface area contributed by atoms with Crippen molar-refractivity contribution >= 4 is 17.7 Å². The first-order valence-corrected chi connectivity index (χ1v) is 9.13. The highest BCUT2D eigenvalue weighted by atomic mass is 32.2. The highest BCUT2D eigenvalue weighted by molar-refractivity contribution is 8.00. The van der Waals surface area contributed by atoms with Crippen molar-refractivity contribution in [3.63, 3.8) is 0 Å². The van der Waals surface area contributed by atoms with Crippen LogP contribution in [-0.4, -0.2) is 44.0 Å². The molecule has 1 aromatic carbocycles. The molecule has 1 aliphatic heterocycles. The molecule has 1 N–H and O–H groups in total. The molecule has 0 fully saturated rings. The van der Waals surface area contributed by atoms with Crippen molar-refractivity contribution in [3.05, 3.63) is 41.2 Å². The first kappa shape index (κ1) is 16.8. The number of thioether (sulfide) groups is 1. The maximum Gasteiger partial charge on any atom is 0.238 e. The van der Waals surface area contributed by atoms with E-state index in [4.69, 9.17) is 0 Å². The van der Waals surface area contributed by atoms with Crippen molar-refractivity contribution in [2.45, 2.75) is 44.1 Å². The molecule has 0 spiro atoms. The molecule has 0 saturated carbocycles. The topological polar surface area (TPSA) is 63.1 Å². The maximum absolute atomic E-state index is 13.0. The van der Waals surface area contributed by atoms with Crippen LogP contribution in [0.4, 0.5) is 0 Å². The van der Waals surface area contributed by atoms with Gasteiger partial charge in [-0.15, -0.1) is 10.2 Å². The third-order valence-electron chi connectivity index (χ3n) is 4.35. The maximum atomic E-state index is 13.0. The zero-order valence-corrected chi connectivity index (χ0v) is 15.3. The van der Waals surface area contributed by atoms with E-state index in [1.165, 1.54) is 17.3 Å². The highest BCUT2D eigenvalue weighted by Gasteiger charge is 2.38. The number of carbonyl (C=O) groups excluding carboxylic acids is 1. The van der Waals surface area contributed by atoms with E-state index < -0.39 is 0 Å². The van der Waals surface area contributed by atoms with E-state index >= 15 is 0 Å². The molecule has 0 radical (unpaired) electrons. The zero-order chi connectivity index (χ0) is 17.3. The first-order valence-electron chi connectivity index (χ1n) is 8.25. The van der Waals surface area contributed by atoms with Gasteiger partial charge in [0, 0.05) is 13.1 Å². The largest absolute Gasteiger partial charge is 0.342 e. The van der Waals surface area contributed by atoms with Gasteiger partial charge in [0.25, 0.3) is 0 Å². The first-order chi connectivity index (χ1) is 11.5. The Balaban J connectivity index is 1.99. The molecule has 1 amide bonds. The molecule has 2 atom stereocenters. The molecule has 2 aromatic rings. The molecule has 1 aromatic heterocycles. The average Bonchev–Trinajstić information content (AvgIpc) is 2.96. The Bertz CT molecular complexity index is 723. The van der Waals surface area contributed by atoms with E-state index in [-0.39, 0.29) is 17.2 Å². The SMILES string of the molecule is CCN(CC)C(=O)[C@@H]1Sc2nnc(C)n2N[C@H]1c1ccc(C)cc1. The number of nitrogens with zero attached hydrogens (tertiary/aromatic N) is 4. The van der Waals surface area contributed by atoms with Gasteiger partial charge in [-0.05, 0) is 33.3 Å². The molecule has 0 unspecified atom stereocenters. The fourth-order valence-electron chi connectivity index (χ4n) is 2.89. The molecule has 128 valence electrons. The summed E-state index contributed by atoms with van der Waals surface area (Å²) < 4.78 is 1.88. The Kier molecular flexibility index (Phi) is 4.80. The third-order valence-corrected chi connectivity index (χ3v) is 5.56. The number of aromatic nitrogens is 3. The monoisotopic (exact) mass is 345 g/mol. The van der Waals surface area contributed by atoms with E-state index in [9.17, 15) is 4.79 Å². The lowest BCUT2D eigenvalue weighted by Crippen LogP contribution is -2.46. The second-order valence-corrected chi connectivity index (χ2v) is 7.04. The lowest BCUT2D eigenvalue weighted by molar-refractivity contribution is -0.130. The summed E-state index contributed by atoms with van der Waals surface area (Å²) in [4.78, 5) is 14.9. The smallest absolute Gasteiger partial charge is 0.238 e. The van der Waals surface area contributed by atoms with Gasteiger partial charge in [-0.2, -0.15) is 0 Å².